The molecular weight excluding hydrogens is 366 g/mol. The van der Waals surface area contributed by atoms with Gasteiger partial charge < -0.3 is 13.9 Å². The molecule has 0 radical (unpaired) electrons. The molecule has 3 rings (SSSR count). The summed E-state index contributed by atoms with van der Waals surface area (Å²) < 4.78 is 16.2. The largest absolute Gasteiger partial charge is 0.460 e. The number of hydrogen-bond acceptors (Lipinski definition) is 7. The second kappa shape index (κ2) is 7.51. The molecule has 1 aromatic heterocycles. The zero-order valence-corrected chi connectivity index (χ0v) is 15.4. The number of fused-ring (bicyclic) bond motifs is 1. The van der Waals surface area contributed by atoms with Gasteiger partial charge in [-0.25, -0.2) is 9.59 Å². The lowest BCUT2D eigenvalue weighted by molar-refractivity contribution is -0.384. The number of ether oxygens (including phenoxy) is 2. The van der Waals surface area contributed by atoms with Crippen LogP contribution >= 0.6 is 0 Å². The van der Waals surface area contributed by atoms with Crippen LogP contribution in [0.15, 0.2) is 46.9 Å². The smallest absolute Gasteiger partial charge is 0.343 e. The molecule has 0 bridgehead atoms. The molecule has 8 heteroatoms. The molecule has 8 nitrogen and oxygen atoms in total. The quantitative estimate of drug-likeness (QED) is 0.277. The van der Waals surface area contributed by atoms with Gasteiger partial charge in [-0.15, -0.1) is 0 Å². The Morgan fingerprint density at radius 1 is 1.07 bits per heavy atom. The van der Waals surface area contributed by atoms with Crippen LogP contribution in [0.3, 0.4) is 0 Å². The molecule has 0 amide bonds. The van der Waals surface area contributed by atoms with Gasteiger partial charge in [-0.05, 0) is 51.1 Å². The van der Waals surface area contributed by atoms with Gasteiger partial charge in [0.25, 0.3) is 5.69 Å². The van der Waals surface area contributed by atoms with Crippen LogP contribution < -0.4 is 4.74 Å². The van der Waals surface area contributed by atoms with Crippen LogP contribution in [0, 0.1) is 17.0 Å². The molecule has 0 saturated carbocycles. The van der Waals surface area contributed by atoms with Gasteiger partial charge in [0.15, 0.2) is 0 Å². The first kappa shape index (κ1) is 19.1. The van der Waals surface area contributed by atoms with Crippen molar-refractivity contribution < 1.29 is 28.4 Å². The van der Waals surface area contributed by atoms with Gasteiger partial charge in [0, 0.05) is 17.5 Å². The van der Waals surface area contributed by atoms with E-state index in [1.54, 1.807) is 26.8 Å². The Morgan fingerprint density at radius 2 is 1.75 bits per heavy atom. The topological polar surface area (TPSA) is 109 Å². The van der Waals surface area contributed by atoms with Crippen molar-refractivity contribution in [3.63, 3.8) is 0 Å². The number of aryl methyl sites for hydroxylation is 1. The summed E-state index contributed by atoms with van der Waals surface area (Å²) in [5.74, 6) is -0.597. The van der Waals surface area contributed by atoms with Gasteiger partial charge in [0.1, 0.15) is 22.7 Å². The zero-order chi connectivity index (χ0) is 20.4. The summed E-state index contributed by atoms with van der Waals surface area (Å²) in [6, 6.07) is 9.71. The molecule has 144 valence electrons. The van der Waals surface area contributed by atoms with E-state index in [0.29, 0.717) is 16.7 Å². The molecule has 3 aromatic rings. The number of carbonyl (C=O) groups is 2. The number of rotatable bonds is 5. The molecule has 1 heterocycles. The summed E-state index contributed by atoms with van der Waals surface area (Å²) in [6.07, 6.45) is -0.292. The maximum atomic E-state index is 12.3. The number of nitro benzene ring substituents is 1. The molecule has 0 fully saturated rings. The third-order valence-electron chi connectivity index (χ3n) is 3.91. The lowest BCUT2D eigenvalue weighted by Crippen LogP contribution is -2.12. The predicted molar refractivity (Wildman–Crippen MR) is 99.6 cm³/mol. The summed E-state index contributed by atoms with van der Waals surface area (Å²) in [4.78, 5) is 34.8. The van der Waals surface area contributed by atoms with Gasteiger partial charge >= 0.3 is 11.9 Å². The number of carbonyl (C=O) groups excluding carboxylic acids is 2. The summed E-state index contributed by atoms with van der Waals surface area (Å²) >= 11 is 0. The summed E-state index contributed by atoms with van der Waals surface area (Å²) in [5.41, 5.74) is 0.772. The van der Waals surface area contributed by atoms with Gasteiger partial charge in [-0.2, -0.15) is 0 Å². The van der Waals surface area contributed by atoms with E-state index in [-0.39, 0.29) is 28.7 Å². The first-order chi connectivity index (χ1) is 13.3. The minimum atomic E-state index is -0.680. The molecule has 2 aromatic carbocycles. The van der Waals surface area contributed by atoms with Crippen LogP contribution in [0.2, 0.25) is 0 Å². The van der Waals surface area contributed by atoms with Crippen LogP contribution in [0.4, 0.5) is 5.69 Å². The van der Waals surface area contributed by atoms with Crippen molar-refractivity contribution in [1.29, 1.82) is 0 Å². The molecule has 0 spiro atoms. The van der Waals surface area contributed by atoms with Crippen molar-refractivity contribution >= 4 is 28.6 Å². The van der Waals surface area contributed by atoms with Gasteiger partial charge in [-0.1, -0.05) is 0 Å². The highest BCUT2D eigenvalue weighted by Crippen LogP contribution is 2.30. The van der Waals surface area contributed by atoms with Crippen molar-refractivity contribution in [2.45, 2.75) is 26.9 Å². The Labute approximate surface area is 159 Å². The Balaban J connectivity index is 1.88. The number of non-ortho nitro benzene ring substituents is 1. The highest BCUT2D eigenvalue weighted by molar-refractivity contribution is 6.05. The van der Waals surface area contributed by atoms with Crippen molar-refractivity contribution in [3.05, 3.63) is 69.5 Å². The Hall–Kier alpha value is -3.68. The van der Waals surface area contributed by atoms with Crippen molar-refractivity contribution in [1.82, 2.24) is 0 Å². The van der Waals surface area contributed by atoms with Crippen molar-refractivity contribution in [2.75, 3.05) is 0 Å². The zero-order valence-electron chi connectivity index (χ0n) is 15.4. The van der Waals surface area contributed by atoms with Crippen molar-refractivity contribution in [3.8, 4) is 5.75 Å². The fraction of sp³-hybridized carbons (Fsp3) is 0.200. The number of hydrogen-bond donors (Lipinski definition) is 0. The van der Waals surface area contributed by atoms with Gasteiger partial charge in [0.2, 0.25) is 0 Å². The molecule has 0 atom stereocenters. The van der Waals surface area contributed by atoms with Gasteiger partial charge in [0.05, 0.1) is 16.6 Å². The second-order valence-electron chi connectivity index (χ2n) is 6.34. The van der Waals surface area contributed by atoms with E-state index in [0.717, 1.165) is 0 Å². The summed E-state index contributed by atoms with van der Waals surface area (Å²) in [6.45, 7) is 5.14. The van der Waals surface area contributed by atoms with E-state index < -0.39 is 16.9 Å². The van der Waals surface area contributed by atoms with E-state index in [1.165, 1.54) is 36.4 Å². The maximum Gasteiger partial charge on any atom is 0.343 e. The number of benzene rings is 2. The maximum absolute atomic E-state index is 12.3. The van der Waals surface area contributed by atoms with E-state index in [1.807, 2.05) is 0 Å². The number of nitrogens with zero attached hydrogens (tertiary/aromatic N) is 1. The van der Waals surface area contributed by atoms with Crippen LogP contribution in [0.5, 0.6) is 5.75 Å². The molecular formula is C20H17NO7. The number of nitro groups is 1. The highest BCUT2D eigenvalue weighted by Gasteiger charge is 2.21. The molecule has 0 aliphatic carbocycles. The fourth-order valence-corrected chi connectivity index (χ4v) is 2.67. The third-order valence-corrected chi connectivity index (χ3v) is 3.91. The van der Waals surface area contributed by atoms with E-state index in [9.17, 15) is 19.7 Å². The molecule has 28 heavy (non-hydrogen) atoms. The average Bonchev–Trinajstić information content (AvgIpc) is 2.96. The van der Waals surface area contributed by atoms with E-state index >= 15 is 0 Å². The first-order valence-electron chi connectivity index (χ1n) is 8.47. The lowest BCUT2D eigenvalue weighted by Gasteiger charge is -2.08. The van der Waals surface area contributed by atoms with Crippen LogP contribution in [-0.4, -0.2) is 23.0 Å². The summed E-state index contributed by atoms with van der Waals surface area (Å²) in [7, 11) is 0. The Morgan fingerprint density at radius 3 is 2.36 bits per heavy atom. The first-order valence-corrected chi connectivity index (χ1v) is 8.47. The second-order valence-corrected chi connectivity index (χ2v) is 6.34. The monoisotopic (exact) mass is 383 g/mol. The summed E-state index contributed by atoms with van der Waals surface area (Å²) in [5, 5.41) is 11.2. The molecule has 0 N–H and O–H groups in total. The van der Waals surface area contributed by atoms with Crippen LogP contribution in [0.1, 0.15) is 40.3 Å². The molecule has 0 aliphatic heterocycles. The minimum Gasteiger partial charge on any atom is -0.460 e. The van der Waals surface area contributed by atoms with Crippen LogP contribution in [-0.2, 0) is 4.74 Å². The van der Waals surface area contributed by atoms with Gasteiger partial charge in [-0.3, -0.25) is 10.1 Å². The molecule has 0 unspecified atom stereocenters. The minimum absolute atomic E-state index is 0.125. The normalized spacial score (nSPS) is 10.9. The predicted octanol–water partition coefficient (Wildman–Crippen LogP) is 4.43. The Kier molecular flexibility index (Phi) is 5.12. The molecule has 0 aliphatic rings. The number of esters is 2. The van der Waals surface area contributed by atoms with E-state index in [2.05, 4.69) is 0 Å². The average molecular weight is 383 g/mol. The van der Waals surface area contributed by atoms with Crippen LogP contribution in [0.25, 0.3) is 11.0 Å². The molecule has 0 saturated heterocycles. The number of furan rings is 1. The van der Waals surface area contributed by atoms with Crippen molar-refractivity contribution in [2.24, 2.45) is 0 Å². The highest BCUT2D eigenvalue weighted by atomic mass is 16.6. The van der Waals surface area contributed by atoms with E-state index in [4.69, 9.17) is 13.9 Å². The fourth-order valence-electron chi connectivity index (χ4n) is 2.67. The Bertz CT molecular complexity index is 1060. The standard InChI is InChI=1S/C20H17NO7/c1-11(2)26-20(23)18-12(3)27-17-9-8-15(10-16(17)18)28-19(22)13-4-6-14(7-5-13)21(24)25/h4-11H,1-3H3. The SMILES string of the molecule is Cc1oc2ccc(OC(=O)c3ccc([N+](=O)[O-])cc3)cc2c1C(=O)OC(C)C. The third kappa shape index (κ3) is 3.85. The lowest BCUT2D eigenvalue weighted by atomic mass is 10.1.